The van der Waals surface area contributed by atoms with Crippen molar-refractivity contribution < 1.29 is 84.0 Å². The Morgan fingerprint density at radius 1 is 1.55 bits per heavy atom. The van der Waals surface area contributed by atoms with Crippen LogP contribution in [0.15, 0.2) is 0 Å². The number of rotatable bonds is 1. The fourth-order valence-corrected chi connectivity index (χ4v) is 0. The average molecular weight is 180 g/mol. The standard InChI is InChI=1S/C3H6O3.CH2O2.2Na/c1-2(4)3(5)6;2-1-3;;/h2,4H,1H3,(H,5,6);1H,(H,2,3);;/q;;2*+1/p-2. The maximum atomic E-state index is 9.34. The summed E-state index contributed by atoms with van der Waals surface area (Å²) in [5, 5.41) is 25.6. The first kappa shape index (κ1) is 22.7. The summed E-state index contributed by atoms with van der Waals surface area (Å²) in [6.45, 7) is 0.634. The van der Waals surface area contributed by atoms with Crippen molar-refractivity contribution >= 4 is 12.4 Å². The van der Waals surface area contributed by atoms with E-state index < -0.39 is 18.5 Å². The van der Waals surface area contributed by atoms with E-state index >= 15 is 0 Å². The van der Waals surface area contributed by atoms with Crippen LogP contribution in [0, 0.1) is 0 Å². The van der Waals surface area contributed by atoms with E-state index in [1.54, 1.807) is 0 Å². The van der Waals surface area contributed by atoms with Crippen molar-refractivity contribution in [1.29, 1.82) is 0 Å². The molecule has 0 spiro atoms. The molecule has 1 atom stereocenters. The topological polar surface area (TPSA) is 100 Å². The molecule has 0 amide bonds. The van der Waals surface area contributed by atoms with Gasteiger partial charge >= 0.3 is 59.1 Å². The van der Waals surface area contributed by atoms with E-state index in [1.165, 1.54) is 0 Å². The molecule has 7 heteroatoms. The number of carbonyl (C=O) groups excluding carboxylic acids is 2. The van der Waals surface area contributed by atoms with Crippen LogP contribution >= 0.6 is 0 Å². The normalized spacial score (nSPS) is 8.55. The first-order valence-corrected chi connectivity index (χ1v) is 2.00. The Kier molecular flexibility index (Phi) is 35.3. The van der Waals surface area contributed by atoms with Gasteiger partial charge in [0, 0.05) is 6.47 Å². The molecule has 54 valence electrons. The first-order valence-electron chi connectivity index (χ1n) is 2.00. The molecule has 0 aromatic heterocycles. The maximum Gasteiger partial charge on any atom is 1.00 e. The number of aliphatic hydroxyl groups is 1. The minimum Gasteiger partial charge on any atom is -0.554 e. The van der Waals surface area contributed by atoms with Crippen LogP contribution in [-0.2, 0) is 9.59 Å². The maximum absolute atomic E-state index is 9.34. The number of carboxylic acid groups (broad SMARTS) is 2. The van der Waals surface area contributed by atoms with E-state index in [9.17, 15) is 9.90 Å². The van der Waals surface area contributed by atoms with Gasteiger partial charge in [0.1, 0.15) is 0 Å². The Hall–Kier alpha value is 0.900. The van der Waals surface area contributed by atoms with Crippen LogP contribution in [0.3, 0.4) is 0 Å². The zero-order chi connectivity index (χ0) is 7.86. The van der Waals surface area contributed by atoms with Crippen LogP contribution in [0.2, 0.25) is 0 Å². The van der Waals surface area contributed by atoms with Gasteiger partial charge in [-0.3, -0.25) is 0 Å². The van der Waals surface area contributed by atoms with Gasteiger partial charge in [-0.15, -0.1) is 0 Å². The molecule has 1 unspecified atom stereocenters. The van der Waals surface area contributed by atoms with Gasteiger partial charge in [0.2, 0.25) is 0 Å². The van der Waals surface area contributed by atoms with Crippen molar-refractivity contribution in [3.05, 3.63) is 0 Å². The molecule has 0 bridgehead atoms. The quantitative estimate of drug-likeness (QED) is 0.319. The van der Waals surface area contributed by atoms with E-state index in [4.69, 9.17) is 15.0 Å². The van der Waals surface area contributed by atoms with Crippen LogP contribution in [0.4, 0.5) is 0 Å². The van der Waals surface area contributed by atoms with Gasteiger partial charge in [0.25, 0.3) is 0 Å². The predicted octanol–water partition coefficient (Wildman–Crippen LogP) is -9.51. The van der Waals surface area contributed by atoms with E-state index in [-0.39, 0.29) is 59.1 Å². The molecule has 0 radical (unpaired) electrons. The molecule has 11 heavy (non-hydrogen) atoms. The third kappa shape index (κ3) is 36.0. The van der Waals surface area contributed by atoms with Crippen molar-refractivity contribution in [3.8, 4) is 0 Å². The molecule has 1 N–H and O–H groups in total. The number of carbonyl (C=O) groups is 2. The zero-order valence-corrected chi connectivity index (χ0v) is 10.7. The second-order valence-corrected chi connectivity index (χ2v) is 1.09. The van der Waals surface area contributed by atoms with Crippen molar-refractivity contribution in [2.75, 3.05) is 0 Å². The monoisotopic (exact) mass is 180 g/mol. The molecule has 0 aliphatic rings. The van der Waals surface area contributed by atoms with Gasteiger partial charge in [0.05, 0.1) is 12.1 Å². The number of hydrogen-bond acceptors (Lipinski definition) is 5. The van der Waals surface area contributed by atoms with Crippen molar-refractivity contribution in [1.82, 2.24) is 0 Å². The van der Waals surface area contributed by atoms with Gasteiger partial charge in [-0.2, -0.15) is 0 Å². The van der Waals surface area contributed by atoms with E-state index in [2.05, 4.69) is 0 Å². The molecule has 5 nitrogen and oxygen atoms in total. The molecule has 0 aromatic rings. The number of carboxylic acids is 1. The molecule has 0 rings (SSSR count). The smallest absolute Gasteiger partial charge is 0.554 e. The molecule has 0 saturated heterocycles. The minimum atomic E-state index is -1.44. The third-order valence-electron chi connectivity index (χ3n) is 0.341. The van der Waals surface area contributed by atoms with Gasteiger partial charge < -0.3 is 24.9 Å². The van der Waals surface area contributed by atoms with Crippen LogP contribution in [0.25, 0.3) is 0 Å². The third-order valence-corrected chi connectivity index (χ3v) is 0.341. The Morgan fingerprint density at radius 3 is 1.64 bits per heavy atom. The zero-order valence-electron chi connectivity index (χ0n) is 6.73. The van der Waals surface area contributed by atoms with E-state index in [0.717, 1.165) is 6.92 Å². The fourth-order valence-electron chi connectivity index (χ4n) is 0. The number of aliphatic hydroxyl groups excluding tert-OH is 1. The molecule has 0 aliphatic carbocycles. The summed E-state index contributed by atoms with van der Waals surface area (Å²) in [4.78, 5) is 17.6. The Balaban J connectivity index is -0.0000000437. The molecule has 0 aliphatic heterocycles. The summed E-state index contributed by atoms with van der Waals surface area (Å²) in [7, 11) is 0. The van der Waals surface area contributed by atoms with Crippen molar-refractivity contribution in [3.63, 3.8) is 0 Å². The van der Waals surface area contributed by atoms with Crippen molar-refractivity contribution in [2.24, 2.45) is 0 Å². The van der Waals surface area contributed by atoms with Gasteiger partial charge in [-0.05, 0) is 6.92 Å². The SMILES string of the molecule is CC(O)C(=O)[O-].O=C[O-].[Na+].[Na+]. The van der Waals surface area contributed by atoms with Crippen LogP contribution < -0.4 is 69.3 Å². The van der Waals surface area contributed by atoms with Gasteiger partial charge in [0.15, 0.2) is 0 Å². The van der Waals surface area contributed by atoms with Crippen LogP contribution in [0.1, 0.15) is 6.92 Å². The number of aliphatic carboxylic acids is 1. The van der Waals surface area contributed by atoms with E-state index in [0.29, 0.717) is 0 Å². The summed E-state index contributed by atoms with van der Waals surface area (Å²) in [5.74, 6) is -1.44. The fraction of sp³-hybridized carbons (Fsp3) is 0.500. The minimum absolute atomic E-state index is 0. The summed E-state index contributed by atoms with van der Waals surface area (Å²) in [6, 6.07) is 0. The summed E-state index contributed by atoms with van der Waals surface area (Å²) < 4.78 is 0. The summed E-state index contributed by atoms with van der Waals surface area (Å²) in [5.41, 5.74) is 0. The molecule has 0 aromatic carbocycles. The second-order valence-electron chi connectivity index (χ2n) is 1.09. The first-order chi connectivity index (χ1) is 4.06. The molecular formula is C4H6Na2O5. The molecule has 0 fully saturated rings. The van der Waals surface area contributed by atoms with Crippen LogP contribution in [0.5, 0.6) is 0 Å². The predicted molar refractivity (Wildman–Crippen MR) is 22.8 cm³/mol. The Labute approximate surface area is 108 Å². The van der Waals surface area contributed by atoms with Gasteiger partial charge in [-0.1, -0.05) is 0 Å². The summed E-state index contributed by atoms with van der Waals surface area (Å²) in [6.07, 6.45) is -1.34. The molecule has 0 saturated carbocycles. The van der Waals surface area contributed by atoms with E-state index in [1.807, 2.05) is 0 Å². The Bertz CT molecular complexity index is 94.5. The molecule has 0 heterocycles. The summed E-state index contributed by atoms with van der Waals surface area (Å²) >= 11 is 0. The van der Waals surface area contributed by atoms with Crippen molar-refractivity contribution in [2.45, 2.75) is 13.0 Å². The second kappa shape index (κ2) is 17.1. The molecular weight excluding hydrogens is 174 g/mol. The van der Waals surface area contributed by atoms with Crippen LogP contribution in [-0.4, -0.2) is 23.7 Å². The average Bonchev–Trinajstić information content (AvgIpc) is 1.68. The Morgan fingerprint density at radius 2 is 1.64 bits per heavy atom. The van der Waals surface area contributed by atoms with Gasteiger partial charge in [-0.25, -0.2) is 0 Å². The number of hydrogen-bond donors (Lipinski definition) is 1. The largest absolute Gasteiger partial charge is 1.00 e.